The summed E-state index contributed by atoms with van der Waals surface area (Å²) in [7, 11) is 0. The van der Waals surface area contributed by atoms with Crippen LogP contribution < -0.4 is 5.32 Å². The summed E-state index contributed by atoms with van der Waals surface area (Å²) < 4.78 is 9.85. The Balaban J connectivity index is 1.68. The van der Waals surface area contributed by atoms with Gasteiger partial charge in [-0.1, -0.05) is 37.8 Å². The highest BCUT2D eigenvalue weighted by atomic mass is 16.5. The van der Waals surface area contributed by atoms with Crippen molar-refractivity contribution in [3.05, 3.63) is 18.5 Å². The summed E-state index contributed by atoms with van der Waals surface area (Å²) in [5.74, 6) is 0.501. The Labute approximate surface area is 123 Å². The van der Waals surface area contributed by atoms with Gasteiger partial charge in [-0.15, -0.1) is 0 Å². The minimum atomic E-state index is -0.0991. The van der Waals surface area contributed by atoms with E-state index >= 15 is 0 Å². The van der Waals surface area contributed by atoms with E-state index in [0.717, 1.165) is 12.8 Å². The van der Waals surface area contributed by atoms with Gasteiger partial charge in [-0.25, -0.2) is 4.98 Å². The normalized spacial score (nSPS) is 10.7. The van der Waals surface area contributed by atoms with Gasteiger partial charge in [-0.2, -0.15) is 4.98 Å². The summed E-state index contributed by atoms with van der Waals surface area (Å²) >= 11 is 0. The number of oxazole rings is 1. The summed E-state index contributed by atoms with van der Waals surface area (Å²) in [5, 5.41) is 6.61. The van der Waals surface area contributed by atoms with E-state index in [1.54, 1.807) is 0 Å². The fourth-order valence-corrected chi connectivity index (χ4v) is 1.91. The summed E-state index contributed by atoms with van der Waals surface area (Å²) in [5.41, 5.74) is 0.463. The second kappa shape index (κ2) is 8.18. The average Bonchev–Trinajstić information content (AvgIpc) is 3.13. The van der Waals surface area contributed by atoms with Gasteiger partial charge in [0.05, 0.1) is 6.42 Å². The molecule has 0 unspecified atom stereocenters. The number of carbonyl (C=O) groups is 1. The predicted octanol–water partition coefficient (Wildman–Crippen LogP) is 2.35. The Morgan fingerprint density at radius 1 is 1.29 bits per heavy atom. The third-order valence-electron chi connectivity index (χ3n) is 3.04. The van der Waals surface area contributed by atoms with E-state index in [-0.39, 0.29) is 18.2 Å². The van der Waals surface area contributed by atoms with Crippen molar-refractivity contribution in [3.63, 3.8) is 0 Å². The highest BCUT2D eigenvalue weighted by Crippen LogP contribution is 2.13. The van der Waals surface area contributed by atoms with Crippen molar-refractivity contribution in [1.82, 2.24) is 20.4 Å². The van der Waals surface area contributed by atoms with Crippen LogP contribution in [0.1, 0.15) is 44.9 Å². The van der Waals surface area contributed by atoms with Crippen LogP contribution in [0.25, 0.3) is 11.6 Å². The molecule has 114 valence electrons. The molecule has 2 heterocycles. The van der Waals surface area contributed by atoms with E-state index < -0.39 is 0 Å². The van der Waals surface area contributed by atoms with E-state index in [1.807, 2.05) is 0 Å². The Kier molecular flexibility index (Phi) is 5.93. The first-order valence-electron chi connectivity index (χ1n) is 7.27. The smallest absolute Gasteiger partial charge is 0.279 e. The van der Waals surface area contributed by atoms with Crippen LogP contribution in [0.15, 0.2) is 21.6 Å². The molecule has 0 aliphatic heterocycles. The Hall–Kier alpha value is -2.18. The third-order valence-corrected chi connectivity index (χ3v) is 3.04. The van der Waals surface area contributed by atoms with Crippen molar-refractivity contribution in [2.24, 2.45) is 0 Å². The Morgan fingerprint density at radius 3 is 2.90 bits per heavy atom. The zero-order chi connectivity index (χ0) is 14.9. The Morgan fingerprint density at radius 2 is 2.14 bits per heavy atom. The largest absolute Gasteiger partial charge is 0.451 e. The lowest BCUT2D eigenvalue weighted by Crippen LogP contribution is -2.26. The molecule has 1 amide bonds. The zero-order valence-corrected chi connectivity index (χ0v) is 12.2. The summed E-state index contributed by atoms with van der Waals surface area (Å²) in [4.78, 5) is 19.7. The second-order valence-corrected chi connectivity index (χ2v) is 4.83. The highest BCUT2D eigenvalue weighted by molar-refractivity contribution is 5.77. The molecule has 1 N–H and O–H groups in total. The number of nitrogens with one attached hydrogen (secondary N) is 1. The lowest BCUT2D eigenvalue weighted by Gasteiger charge is -2.03. The standard InChI is InChI=1S/C14H20N4O3/c1-2-3-4-5-6-7-15-13(19)8-12-17-14(21-18-12)11-9-20-10-16-11/h9-10H,2-8H2,1H3,(H,15,19). The molecule has 2 rings (SSSR count). The minimum absolute atomic E-state index is 0.0991. The van der Waals surface area contributed by atoms with E-state index in [2.05, 4.69) is 27.4 Å². The molecule has 0 saturated heterocycles. The number of rotatable bonds is 9. The number of carbonyl (C=O) groups excluding carboxylic acids is 1. The molecule has 7 nitrogen and oxygen atoms in total. The second-order valence-electron chi connectivity index (χ2n) is 4.83. The molecule has 2 aromatic rings. The fraction of sp³-hybridized carbons (Fsp3) is 0.571. The Bertz CT molecular complexity index is 536. The topological polar surface area (TPSA) is 94.1 Å². The zero-order valence-electron chi connectivity index (χ0n) is 12.2. The maximum absolute atomic E-state index is 11.7. The number of aromatic nitrogens is 3. The van der Waals surface area contributed by atoms with Crippen LogP contribution in [-0.2, 0) is 11.2 Å². The molecule has 21 heavy (non-hydrogen) atoms. The molecular weight excluding hydrogens is 272 g/mol. The van der Waals surface area contributed by atoms with Gasteiger partial charge < -0.3 is 14.3 Å². The van der Waals surface area contributed by atoms with E-state index in [4.69, 9.17) is 8.94 Å². The molecule has 0 bridgehead atoms. The molecule has 0 spiro atoms. The van der Waals surface area contributed by atoms with Crippen LogP contribution in [0.2, 0.25) is 0 Å². The maximum atomic E-state index is 11.7. The summed E-state index contributed by atoms with van der Waals surface area (Å²) in [6.07, 6.45) is 8.64. The highest BCUT2D eigenvalue weighted by Gasteiger charge is 2.13. The molecule has 2 aromatic heterocycles. The van der Waals surface area contributed by atoms with Gasteiger partial charge >= 0.3 is 0 Å². The van der Waals surface area contributed by atoms with Crippen LogP contribution in [0.5, 0.6) is 0 Å². The first-order valence-corrected chi connectivity index (χ1v) is 7.27. The number of hydrogen-bond donors (Lipinski definition) is 1. The van der Waals surface area contributed by atoms with Crippen LogP contribution >= 0.6 is 0 Å². The quantitative estimate of drug-likeness (QED) is 0.713. The van der Waals surface area contributed by atoms with Crippen molar-refractivity contribution in [2.45, 2.75) is 45.4 Å². The van der Waals surface area contributed by atoms with Crippen LogP contribution in [0.3, 0.4) is 0 Å². The number of amides is 1. The molecule has 7 heteroatoms. The SMILES string of the molecule is CCCCCCCNC(=O)Cc1noc(-c2cocn2)n1. The lowest BCUT2D eigenvalue weighted by atomic mass is 10.1. The summed E-state index contributed by atoms with van der Waals surface area (Å²) in [6, 6.07) is 0. The van der Waals surface area contributed by atoms with Gasteiger partial charge in [0.15, 0.2) is 17.9 Å². The molecule has 0 aromatic carbocycles. The minimum Gasteiger partial charge on any atom is -0.451 e. The molecule has 0 aliphatic rings. The van der Waals surface area contributed by atoms with Gasteiger partial charge in [0.25, 0.3) is 5.89 Å². The van der Waals surface area contributed by atoms with Crippen molar-refractivity contribution in [1.29, 1.82) is 0 Å². The number of nitrogens with zero attached hydrogens (tertiary/aromatic N) is 3. The first kappa shape index (κ1) is 15.2. The van der Waals surface area contributed by atoms with Gasteiger partial charge in [0.1, 0.15) is 6.26 Å². The third kappa shape index (κ3) is 5.02. The maximum Gasteiger partial charge on any atom is 0.279 e. The molecule has 0 fully saturated rings. The molecule has 0 saturated carbocycles. The fourth-order valence-electron chi connectivity index (χ4n) is 1.91. The van der Waals surface area contributed by atoms with Crippen molar-refractivity contribution in [3.8, 4) is 11.6 Å². The summed E-state index contributed by atoms with van der Waals surface area (Å²) in [6.45, 7) is 2.87. The molecule has 0 radical (unpaired) electrons. The number of hydrogen-bond acceptors (Lipinski definition) is 6. The van der Waals surface area contributed by atoms with Gasteiger partial charge in [-0.3, -0.25) is 4.79 Å². The average molecular weight is 292 g/mol. The van der Waals surface area contributed by atoms with Crippen LogP contribution in [0.4, 0.5) is 0 Å². The van der Waals surface area contributed by atoms with Crippen molar-refractivity contribution >= 4 is 5.91 Å². The van der Waals surface area contributed by atoms with Gasteiger partial charge in [0.2, 0.25) is 5.91 Å². The molecular formula is C14H20N4O3. The van der Waals surface area contributed by atoms with E-state index in [1.165, 1.54) is 31.9 Å². The van der Waals surface area contributed by atoms with Crippen LogP contribution in [0, 0.1) is 0 Å². The van der Waals surface area contributed by atoms with E-state index in [0.29, 0.717) is 18.1 Å². The number of unbranched alkanes of at least 4 members (excludes halogenated alkanes) is 4. The monoisotopic (exact) mass is 292 g/mol. The predicted molar refractivity (Wildman–Crippen MR) is 75.3 cm³/mol. The molecule has 0 atom stereocenters. The molecule has 0 aliphatic carbocycles. The van der Waals surface area contributed by atoms with Crippen LogP contribution in [-0.4, -0.2) is 27.6 Å². The van der Waals surface area contributed by atoms with Crippen molar-refractivity contribution < 1.29 is 13.7 Å². The van der Waals surface area contributed by atoms with E-state index in [9.17, 15) is 4.79 Å². The van der Waals surface area contributed by atoms with Gasteiger partial charge in [0, 0.05) is 6.54 Å². The lowest BCUT2D eigenvalue weighted by molar-refractivity contribution is -0.120. The van der Waals surface area contributed by atoms with Crippen molar-refractivity contribution in [2.75, 3.05) is 6.54 Å². The van der Waals surface area contributed by atoms with Gasteiger partial charge in [-0.05, 0) is 6.42 Å². The first-order chi connectivity index (χ1) is 10.3.